The molecule has 0 spiro atoms. The van der Waals surface area contributed by atoms with Gasteiger partial charge >= 0.3 is 0 Å². The summed E-state index contributed by atoms with van der Waals surface area (Å²) in [5.41, 5.74) is 2.12. The number of halogens is 1. The number of Topliss-reactive ketones (excluding diaryl/α,β-unsaturated/α-hetero) is 1. The minimum Gasteiger partial charge on any atom is -0.493 e. The molecule has 1 aliphatic carbocycles. The number of ketones is 1. The highest BCUT2D eigenvalue weighted by Gasteiger charge is 2.52. The highest BCUT2D eigenvalue weighted by molar-refractivity contribution is 6.11. The van der Waals surface area contributed by atoms with Crippen molar-refractivity contribution in [3.8, 4) is 11.5 Å². The Hall–Kier alpha value is -3.61. The van der Waals surface area contributed by atoms with Crippen LogP contribution in [0.3, 0.4) is 0 Å². The maximum Gasteiger partial charge on any atom is 0.290 e. The molecule has 3 aliphatic rings. The zero-order chi connectivity index (χ0) is 25.2. The fourth-order valence-electron chi connectivity index (χ4n) is 5.46. The summed E-state index contributed by atoms with van der Waals surface area (Å²) < 4.78 is 31.6. The highest BCUT2D eigenvalue weighted by atomic mass is 19.1. The molecule has 1 fully saturated rings. The van der Waals surface area contributed by atoms with Crippen molar-refractivity contribution in [2.45, 2.75) is 44.0 Å². The fourth-order valence-corrected chi connectivity index (χ4v) is 5.46. The molecule has 0 bridgehead atoms. The molecule has 1 saturated carbocycles. The van der Waals surface area contributed by atoms with E-state index in [1.807, 2.05) is 36.4 Å². The van der Waals surface area contributed by atoms with E-state index in [-0.39, 0.29) is 23.9 Å². The van der Waals surface area contributed by atoms with Gasteiger partial charge in [-0.25, -0.2) is 4.39 Å². The summed E-state index contributed by atoms with van der Waals surface area (Å²) in [6.45, 7) is 4.39. The van der Waals surface area contributed by atoms with Crippen LogP contribution in [0.25, 0.3) is 0 Å². The van der Waals surface area contributed by atoms with E-state index in [4.69, 9.17) is 14.2 Å². The summed E-state index contributed by atoms with van der Waals surface area (Å²) in [4.78, 5) is 29.1. The first kappa shape index (κ1) is 24.1. The zero-order valence-electron chi connectivity index (χ0n) is 20.3. The number of hydrogen-bond donors (Lipinski definition) is 0. The fraction of sp³-hybridized carbons (Fsp3) is 0.379. The van der Waals surface area contributed by atoms with Crippen LogP contribution in [0.4, 0.5) is 4.39 Å². The van der Waals surface area contributed by atoms with Crippen molar-refractivity contribution in [3.05, 3.63) is 83.6 Å². The predicted molar refractivity (Wildman–Crippen MR) is 132 cm³/mol. The molecule has 1 amide bonds. The van der Waals surface area contributed by atoms with Crippen molar-refractivity contribution >= 4 is 11.7 Å². The summed E-state index contributed by atoms with van der Waals surface area (Å²) in [6.07, 6.45) is 1.67. The van der Waals surface area contributed by atoms with Gasteiger partial charge < -0.3 is 19.1 Å². The lowest BCUT2D eigenvalue weighted by Gasteiger charge is -2.36. The van der Waals surface area contributed by atoms with Gasteiger partial charge in [-0.2, -0.15) is 0 Å². The molecule has 188 valence electrons. The van der Waals surface area contributed by atoms with E-state index < -0.39 is 24.2 Å². The number of ether oxygens (including phenoxy) is 3. The largest absolute Gasteiger partial charge is 0.493 e. The third-order valence-corrected chi connectivity index (χ3v) is 7.22. The molecule has 6 nitrogen and oxygen atoms in total. The van der Waals surface area contributed by atoms with Crippen LogP contribution < -0.4 is 9.47 Å². The Morgan fingerprint density at radius 3 is 2.69 bits per heavy atom. The first-order chi connectivity index (χ1) is 17.5. The van der Waals surface area contributed by atoms with Gasteiger partial charge in [-0.05, 0) is 48.9 Å². The number of rotatable bonds is 8. The van der Waals surface area contributed by atoms with Crippen molar-refractivity contribution in [1.82, 2.24) is 4.90 Å². The average molecular weight is 492 g/mol. The second kappa shape index (κ2) is 10.2. The summed E-state index contributed by atoms with van der Waals surface area (Å²) >= 11 is 0. The number of amides is 1. The SMILES string of the molecule is C=CCOc1ccc(C2C3=C(OC4CCC(F)CC4C3=O)C(=O)N2CCc2ccccc2)cc1OC. The van der Waals surface area contributed by atoms with E-state index in [9.17, 15) is 14.0 Å². The highest BCUT2D eigenvalue weighted by Crippen LogP contribution is 2.48. The van der Waals surface area contributed by atoms with Gasteiger partial charge in [0.2, 0.25) is 0 Å². The topological polar surface area (TPSA) is 65.1 Å². The zero-order valence-corrected chi connectivity index (χ0v) is 20.3. The second-order valence-electron chi connectivity index (χ2n) is 9.43. The van der Waals surface area contributed by atoms with Crippen LogP contribution in [-0.2, 0) is 20.7 Å². The monoisotopic (exact) mass is 491 g/mol. The molecule has 0 radical (unpaired) electrons. The molecule has 0 saturated heterocycles. The minimum atomic E-state index is -1.04. The maximum absolute atomic E-state index is 14.3. The Balaban J connectivity index is 1.53. The summed E-state index contributed by atoms with van der Waals surface area (Å²) in [6, 6.07) is 14.6. The average Bonchev–Trinajstić information content (AvgIpc) is 3.18. The molecule has 0 aromatic heterocycles. The molecule has 2 aliphatic heterocycles. The number of methoxy groups -OCH3 is 1. The van der Waals surface area contributed by atoms with Crippen LogP contribution in [0.2, 0.25) is 0 Å². The Morgan fingerprint density at radius 2 is 1.94 bits per heavy atom. The predicted octanol–water partition coefficient (Wildman–Crippen LogP) is 4.75. The lowest BCUT2D eigenvalue weighted by atomic mass is 9.77. The second-order valence-corrected chi connectivity index (χ2v) is 9.43. The number of carbonyl (C=O) groups excluding carboxylic acids is 2. The maximum atomic E-state index is 14.3. The molecule has 2 aromatic carbocycles. The molecular weight excluding hydrogens is 461 g/mol. The van der Waals surface area contributed by atoms with E-state index in [2.05, 4.69) is 6.58 Å². The first-order valence-electron chi connectivity index (χ1n) is 12.4. The Kier molecular flexibility index (Phi) is 6.81. The van der Waals surface area contributed by atoms with E-state index in [1.165, 1.54) is 0 Å². The molecule has 2 heterocycles. The van der Waals surface area contributed by atoms with Gasteiger partial charge in [0, 0.05) is 6.54 Å². The van der Waals surface area contributed by atoms with Crippen LogP contribution in [0.5, 0.6) is 11.5 Å². The van der Waals surface area contributed by atoms with Crippen molar-refractivity contribution < 1.29 is 28.2 Å². The van der Waals surface area contributed by atoms with Crippen molar-refractivity contribution in [1.29, 1.82) is 0 Å². The molecule has 5 rings (SSSR count). The molecule has 7 heteroatoms. The Bertz CT molecular complexity index is 1190. The van der Waals surface area contributed by atoms with Crippen molar-refractivity contribution in [3.63, 3.8) is 0 Å². The summed E-state index contributed by atoms with van der Waals surface area (Å²) in [5, 5.41) is 0. The minimum absolute atomic E-state index is 0.113. The van der Waals surface area contributed by atoms with E-state index in [0.717, 1.165) is 5.56 Å². The lowest BCUT2D eigenvalue weighted by molar-refractivity contribution is -0.136. The number of alkyl halides is 1. The lowest BCUT2D eigenvalue weighted by Crippen LogP contribution is -2.42. The van der Waals surface area contributed by atoms with Crippen LogP contribution in [0.1, 0.15) is 36.4 Å². The van der Waals surface area contributed by atoms with Gasteiger partial charge in [0.1, 0.15) is 18.9 Å². The van der Waals surface area contributed by atoms with Gasteiger partial charge in [-0.3, -0.25) is 9.59 Å². The van der Waals surface area contributed by atoms with E-state index in [0.29, 0.717) is 55.0 Å². The molecule has 4 atom stereocenters. The van der Waals surface area contributed by atoms with E-state index in [1.54, 1.807) is 30.2 Å². The summed E-state index contributed by atoms with van der Waals surface area (Å²) in [7, 11) is 1.54. The third-order valence-electron chi connectivity index (χ3n) is 7.22. The van der Waals surface area contributed by atoms with Crippen LogP contribution in [0, 0.1) is 5.92 Å². The first-order valence-corrected chi connectivity index (χ1v) is 12.4. The number of benzene rings is 2. The van der Waals surface area contributed by atoms with Crippen molar-refractivity contribution in [2.24, 2.45) is 5.92 Å². The van der Waals surface area contributed by atoms with Crippen LogP contribution in [-0.4, -0.2) is 49.1 Å². The van der Waals surface area contributed by atoms with Gasteiger partial charge in [0.25, 0.3) is 5.91 Å². The summed E-state index contributed by atoms with van der Waals surface area (Å²) in [5.74, 6) is 0.0782. The number of fused-ring (bicyclic) bond motifs is 1. The molecule has 0 N–H and O–H groups in total. The number of carbonyl (C=O) groups is 2. The van der Waals surface area contributed by atoms with Crippen LogP contribution in [0.15, 0.2) is 72.5 Å². The number of nitrogens with zero attached hydrogens (tertiary/aromatic N) is 1. The van der Waals surface area contributed by atoms with Gasteiger partial charge in [0.05, 0.1) is 24.6 Å². The third kappa shape index (κ3) is 4.38. The van der Waals surface area contributed by atoms with Crippen molar-refractivity contribution in [2.75, 3.05) is 20.3 Å². The molecule has 4 unspecified atom stereocenters. The van der Waals surface area contributed by atoms with E-state index >= 15 is 0 Å². The van der Waals surface area contributed by atoms with Gasteiger partial charge in [-0.1, -0.05) is 49.1 Å². The quantitative estimate of drug-likeness (QED) is 0.499. The van der Waals surface area contributed by atoms with Crippen LogP contribution >= 0.6 is 0 Å². The molecule has 36 heavy (non-hydrogen) atoms. The Morgan fingerprint density at radius 1 is 1.14 bits per heavy atom. The smallest absolute Gasteiger partial charge is 0.290 e. The van der Waals surface area contributed by atoms with Gasteiger partial charge in [-0.15, -0.1) is 0 Å². The standard InChI is InChI=1S/C29H30FNO5/c1-3-15-35-23-11-9-19(16-24(23)34-2)26-25-27(32)21-17-20(30)10-12-22(21)36-28(25)29(33)31(26)14-13-18-7-5-4-6-8-18/h3-9,11,16,20-22,26H,1,10,12-15,17H2,2H3. The normalized spacial score (nSPS) is 25.2. The number of hydrogen-bond acceptors (Lipinski definition) is 5. The molecule has 2 aromatic rings. The Labute approximate surface area is 210 Å². The van der Waals surface area contributed by atoms with Gasteiger partial charge in [0.15, 0.2) is 23.0 Å². The molecular formula is C29H30FNO5.